The van der Waals surface area contributed by atoms with Gasteiger partial charge in [0.1, 0.15) is 5.70 Å². The van der Waals surface area contributed by atoms with Gasteiger partial charge in [-0.2, -0.15) is 5.11 Å². The van der Waals surface area contributed by atoms with Gasteiger partial charge in [0.25, 0.3) is 0 Å². The molecule has 46 valence electrons. The Morgan fingerprint density at radius 2 is 2.11 bits per heavy atom. The Balaban J connectivity index is 2.96. The molecule has 2 nitrogen and oxygen atoms in total. The van der Waals surface area contributed by atoms with Gasteiger partial charge < -0.3 is 0 Å². The lowest BCUT2D eigenvalue weighted by Gasteiger charge is -1.82. The van der Waals surface area contributed by atoms with Gasteiger partial charge >= 0.3 is 0 Å². The maximum absolute atomic E-state index is 3.86. The van der Waals surface area contributed by atoms with E-state index in [9.17, 15) is 0 Å². The molecule has 0 bridgehead atoms. The van der Waals surface area contributed by atoms with Gasteiger partial charge in [0.2, 0.25) is 0 Å². The van der Waals surface area contributed by atoms with E-state index < -0.39 is 0 Å². The fourth-order valence-electron chi connectivity index (χ4n) is 0.499. The average molecular weight is 120 g/mol. The molecule has 0 aromatic carbocycles. The monoisotopic (exact) mass is 120 g/mol. The SMILES string of the molecule is CC1=C=CC=C(C)N=N1. The molecule has 0 spiro atoms. The Bertz CT molecular complexity index is 227. The number of rotatable bonds is 0. The summed E-state index contributed by atoms with van der Waals surface area (Å²) >= 11 is 0. The van der Waals surface area contributed by atoms with E-state index in [2.05, 4.69) is 16.0 Å². The second kappa shape index (κ2) is 2.42. The van der Waals surface area contributed by atoms with Crippen LogP contribution in [0, 0.1) is 0 Å². The number of nitrogens with zero attached hydrogens (tertiary/aromatic N) is 2. The van der Waals surface area contributed by atoms with E-state index >= 15 is 0 Å². The van der Waals surface area contributed by atoms with E-state index in [1.54, 1.807) is 0 Å². The zero-order valence-corrected chi connectivity index (χ0v) is 5.55. The highest BCUT2D eigenvalue weighted by molar-refractivity contribution is 5.13. The Morgan fingerprint density at radius 1 is 1.33 bits per heavy atom. The number of hydrogen-bond donors (Lipinski definition) is 0. The Hall–Kier alpha value is -1.14. The van der Waals surface area contributed by atoms with Crippen LogP contribution >= 0.6 is 0 Å². The lowest BCUT2D eigenvalue weighted by molar-refractivity contribution is 1.07. The number of azo groups is 1. The Kier molecular flexibility index (Phi) is 1.61. The summed E-state index contributed by atoms with van der Waals surface area (Å²) < 4.78 is 0. The molecule has 0 radical (unpaired) electrons. The van der Waals surface area contributed by atoms with Crippen molar-refractivity contribution in [3.05, 3.63) is 29.3 Å². The molecule has 1 aliphatic rings. The fraction of sp³-hybridized carbons (Fsp3) is 0.286. The third-order valence-electron chi connectivity index (χ3n) is 0.974. The van der Waals surface area contributed by atoms with Crippen molar-refractivity contribution in [3.63, 3.8) is 0 Å². The number of allylic oxidation sites excluding steroid dienone is 3. The first-order chi connectivity index (χ1) is 4.29. The molecular weight excluding hydrogens is 112 g/mol. The minimum Gasteiger partial charge on any atom is -0.155 e. The molecule has 0 saturated heterocycles. The number of hydrogen-bond acceptors (Lipinski definition) is 2. The van der Waals surface area contributed by atoms with Crippen LogP contribution in [0.1, 0.15) is 13.8 Å². The summed E-state index contributed by atoms with van der Waals surface area (Å²) in [5, 5.41) is 7.70. The molecule has 0 aromatic rings. The first-order valence-electron chi connectivity index (χ1n) is 2.81. The summed E-state index contributed by atoms with van der Waals surface area (Å²) in [4.78, 5) is 0. The summed E-state index contributed by atoms with van der Waals surface area (Å²) in [6.45, 7) is 3.77. The first kappa shape index (κ1) is 5.99. The summed E-state index contributed by atoms with van der Waals surface area (Å²) in [5.41, 5.74) is 4.67. The van der Waals surface area contributed by atoms with Gasteiger partial charge in [-0.25, -0.2) is 0 Å². The van der Waals surface area contributed by atoms with Crippen LogP contribution in [0.25, 0.3) is 0 Å². The Morgan fingerprint density at radius 3 is 2.89 bits per heavy atom. The minimum absolute atomic E-state index is 0.822. The normalized spacial score (nSPS) is 16.7. The van der Waals surface area contributed by atoms with Gasteiger partial charge in [-0.05, 0) is 26.0 Å². The summed E-state index contributed by atoms with van der Waals surface area (Å²) in [6, 6.07) is 0. The smallest absolute Gasteiger partial charge is 0.102 e. The van der Waals surface area contributed by atoms with Crippen LogP contribution in [0.15, 0.2) is 39.5 Å². The van der Waals surface area contributed by atoms with Crippen molar-refractivity contribution >= 4 is 0 Å². The zero-order valence-electron chi connectivity index (χ0n) is 5.55. The van der Waals surface area contributed by atoms with Crippen LogP contribution < -0.4 is 0 Å². The lowest BCUT2D eigenvalue weighted by Crippen LogP contribution is -1.62. The standard InChI is InChI=1S/C7H8N2/c1-6-4-3-5-7(2)9-8-6/h3-4H,1-2H3. The zero-order chi connectivity index (χ0) is 6.69. The van der Waals surface area contributed by atoms with Crippen LogP contribution in [0.2, 0.25) is 0 Å². The lowest BCUT2D eigenvalue weighted by atomic mass is 10.4. The van der Waals surface area contributed by atoms with Crippen LogP contribution in [0.3, 0.4) is 0 Å². The highest BCUT2D eigenvalue weighted by Crippen LogP contribution is 2.03. The molecule has 1 aliphatic heterocycles. The van der Waals surface area contributed by atoms with Crippen molar-refractivity contribution in [2.75, 3.05) is 0 Å². The largest absolute Gasteiger partial charge is 0.155 e. The van der Waals surface area contributed by atoms with Crippen molar-refractivity contribution in [1.82, 2.24) is 0 Å². The van der Waals surface area contributed by atoms with E-state index in [0.717, 1.165) is 11.4 Å². The predicted octanol–water partition coefficient (Wildman–Crippen LogP) is 2.41. The van der Waals surface area contributed by atoms with Crippen LogP contribution in [0.5, 0.6) is 0 Å². The third kappa shape index (κ3) is 1.67. The van der Waals surface area contributed by atoms with Crippen molar-refractivity contribution in [2.45, 2.75) is 13.8 Å². The molecule has 0 aliphatic carbocycles. The van der Waals surface area contributed by atoms with Gasteiger partial charge in [-0.3, -0.25) is 0 Å². The van der Waals surface area contributed by atoms with E-state index in [-0.39, 0.29) is 0 Å². The molecule has 9 heavy (non-hydrogen) atoms. The van der Waals surface area contributed by atoms with Gasteiger partial charge in [-0.1, -0.05) is 5.73 Å². The maximum Gasteiger partial charge on any atom is 0.102 e. The van der Waals surface area contributed by atoms with Gasteiger partial charge in [-0.15, -0.1) is 5.11 Å². The quantitative estimate of drug-likeness (QED) is 0.438. The molecule has 0 aromatic heterocycles. The highest BCUT2D eigenvalue weighted by Gasteiger charge is 1.85. The fourth-order valence-corrected chi connectivity index (χ4v) is 0.499. The molecule has 1 heterocycles. The summed E-state index contributed by atoms with van der Waals surface area (Å²) in [6.07, 6.45) is 3.70. The van der Waals surface area contributed by atoms with Crippen LogP contribution in [-0.4, -0.2) is 0 Å². The molecule has 0 unspecified atom stereocenters. The second-order valence-corrected chi connectivity index (χ2v) is 1.90. The van der Waals surface area contributed by atoms with Crippen molar-refractivity contribution in [3.8, 4) is 0 Å². The molecule has 1 rings (SSSR count). The molecule has 0 N–H and O–H groups in total. The molecular formula is C7H8N2. The predicted molar refractivity (Wildman–Crippen MR) is 35.9 cm³/mol. The third-order valence-corrected chi connectivity index (χ3v) is 0.974. The van der Waals surface area contributed by atoms with Crippen LogP contribution in [-0.2, 0) is 0 Å². The second-order valence-electron chi connectivity index (χ2n) is 1.90. The molecule has 0 fully saturated rings. The summed E-state index contributed by atoms with van der Waals surface area (Å²) in [5.74, 6) is 0. The van der Waals surface area contributed by atoms with Crippen molar-refractivity contribution < 1.29 is 0 Å². The van der Waals surface area contributed by atoms with Crippen molar-refractivity contribution in [2.24, 2.45) is 10.2 Å². The molecule has 0 saturated carbocycles. The van der Waals surface area contributed by atoms with Crippen molar-refractivity contribution in [1.29, 1.82) is 0 Å². The van der Waals surface area contributed by atoms with E-state index in [4.69, 9.17) is 0 Å². The topological polar surface area (TPSA) is 24.7 Å². The minimum atomic E-state index is 0.822. The van der Waals surface area contributed by atoms with Gasteiger partial charge in [0, 0.05) is 0 Å². The van der Waals surface area contributed by atoms with E-state index in [0.29, 0.717) is 0 Å². The van der Waals surface area contributed by atoms with Crippen LogP contribution in [0.4, 0.5) is 0 Å². The summed E-state index contributed by atoms with van der Waals surface area (Å²) in [7, 11) is 0. The Labute approximate surface area is 54.3 Å². The van der Waals surface area contributed by atoms with E-state index in [1.165, 1.54) is 0 Å². The average Bonchev–Trinajstić information content (AvgIpc) is 1.97. The first-order valence-corrected chi connectivity index (χ1v) is 2.81. The maximum atomic E-state index is 3.86. The van der Waals surface area contributed by atoms with Gasteiger partial charge in [0.15, 0.2) is 0 Å². The molecule has 2 heteroatoms. The molecule has 0 atom stereocenters. The molecule has 0 amide bonds. The highest BCUT2D eigenvalue weighted by atomic mass is 15.1. The van der Waals surface area contributed by atoms with E-state index in [1.807, 2.05) is 26.0 Å². The van der Waals surface area contributed by atoms with Gasteiger partial charge in [0.05, 0.1) is 5.70 Å².